The number of nitrogens with zero attached hydrogens (tertiary/aromatic N) is 6. The van der Waals surface area contributed by atoms with Crippen molar-refractivity contribution < 1.29 is 9.18 Å². The first-order valence-corrected chi connectivity index (χ1v) is 8.99. The highest BCUT2D eigenvalue weighted by atomic mass is 19.1. The van der Waals surface area contributed by atoms with Gasteiger partial charge in [0.1, 0.15) is 0 Å². The van der Waals surface area contributed by atoms with Crippen molar-refractivity contribution in [1.82, 2.24) is 24.5 Å². The predicted molar refractivity (Wildman–Crippen MR) is 103 cm³/mol. The molecule has 0 saturated carbocycles. The number of pyridine rings is 1. The minimum atomic E-state index is -0.631. The molecule has 4 N–H and O–H groups in total. The first-order valence-electron chi connectivity index (χ1n) is 8.99. The third-order valence-electron chi connectivity index (χ3n) is 5.02. The van der Waals surface area contributed by atoms with E-state index in [1.54, 1.807) is 23.4 Å². The molecule has 0 radical (unpaired) electrons. The van der Waals surface area contributed by atoms with Gasteiger partial charge in [0.2, 0.25) is 5.91 Å². The molecule has 146 valence electrons. The second-order valence-electron chi connectivity index (χ2n) is 6.85. The maximum atomic E-state index is 14.4. The van der Waals surface area contributed by atoms with Crippen molar-refractivity contribution in [3.63, 3.8) is 0 Å². The van der Waals surface area contributed by atoms with Crippen molar-refractivity contribution in [2.24, 2.45) is 5.84 Å². The van der Waals surface area contributed by atoms with Gasteiger partial charge in [0, 0.05) is 36.8 Å². The molecule has 4 rings (SSSR count). The van der Waals surface area contributed by atoms with E-state index in [-0.39, 0.29) is 24.3 Å². The Bertz CT molecular complexity index is 1040. The van der Waals surface area contributed by atoms with Crippen LogP contribution in [0.1, 0.15) is 19.8 Å². The molecule has 0 unspecified atom stereocenters. The quantitative estimate of drug-likeness (QED) is 0.509. The van der Waals surface area contributed by atoms with Crippen LogP contribution in [0.25, 0.3) is 22.4 Å². The van der Waals surface area contributed by atoms with Crippen molar-refractivity contribution in [3.05, 3.63) is 36.5 Å². The minimum absolute atomic E-state index is 0.0111. The largest absolute Gasteiger partial charge is 0.338 e. The van der Waals surface area contributed by atoms with Crippen LogP contribution < -0.4 is 16.7 Å². The number of fused-ring (bicyclic) bond motifs is 1. The van der Waals surface area contributed by atoms with Crippen LogP contribution in [-0.4, -0.2) is 49.6 Å². The first-order chi connectivity index (χ1) is 13.5. The highest BCUT2D eigenvalue weighted by Crippen LogP contribution is 2.28. The predicted octanol–water partition coefficient (Wildman–Crippen LogP) is 1.04. The van der Waals surface area contributed by atoms with Crippen LogP contribution in [0, 0.1) is 5.82 Å². The third kappa shape index (κ3) is 3.11. The minimum Gasteiger partial charge on any atom is -0.338 e. The van der Waals surface area contributed by atoms with Crippen LogP contribution in [0.3, 0.4) is 0 Å². The number of nitrogens with two attached hydrogens (primary N) is 2. The Morgan fingerprint density at radius 3 is 3.04 bits per heavy atom. The van der Waals surface area contributed by atoms with E-state index in [2.05, 4.69) is 15.0 Å². The molecule has 0 bridgehead atoms. The number of nitrogen functional groups attached to an aromatic ring is 1. The molecule has 1 saturated heterocycles. The van der Waals surface area contributed by atoms with Crippen molar-refractivity contribution in [2.75, 3.05) is 23.9 Å². The number of halogens is 1. The molecule has 0 spiro atoms. The average Bonchev–Trinajstić information content (AvgIpc) is 3.27. The van der Waals surface area contributed by atoms with Crippen molar-refractivity contribution >= 4 is 22.8 Å². The van der Waals surface area contributed by atoms with Gasteiger partial charge >= 0.3 is 0 Å². The van der Waals surface area contributed by atoms with E-state index >= 15 is 0 Å². The van der Waals surface area contributed by atoms with Gasteiger partial charge in [-0.2, -0.15) is 0 Å². The van der Waals surface area contributed by atoms with Crippen LogP contribution >= 0.6 is 0 Å². The summed E-state index contributed by atoms with van der Waals surface area (Å²) in [6.07, 6.45) is 6.09. The summed E-state index contributed by atoms with van der Waals surface area (Å²) >= 11 is 0. The molecule has 1 aliphatic rings. The number of likely N-dealkylation sites (tertiary alicyclic amines) is 1. The topological polar surface area (TPSA) is 119 Å². The number of carbonyl (C=O) groups excluding carboxylic acids is 1. The maximum absolute atomic E-state index is 14.4. The van der Waals surface area contributed by atoms with Gasteiger partial charge < -0.3 is 10.7 Å². The molecular formula is C18H21FN8O. The highest BCUT2D eigenvalue weighted by Gasteiger charge is 2.29. The molecule has 1 atom stereocenters. The first kappa shape index (κ1) is 18.1. The number of rotatable bonds is 4. The van der Waals surface area contributed by atoms with Gasteiger partial charge in [0.05, 0.1) is 18.8 Å². The molecule has 1 amide bonds. The Balaban J connectivity index is 1.66. The zero-order valence-corrected chi connectivity index (χ0v) is 15.4. The lowest BCUT2D eigenvalue weighted by Gasteiger charge is -2.28. The van der Waals surface area contributed by atoms with E-state index in [9.17, 15) is 9.18 Å². The van der Waals surface area contributed by atoms with E-state index in [1.807, 2.05) is 6.07 Å². The Labute approximate surface area is 160 Å². The van der Waals surface area contributed by atoms with Crippen LogP contribution in [-0.2, 0) is 4.79 Å². The van der Waals surface area contributed by atoms with Crippen LogP contribution in [0.15, 0.2) is 30.7 Å². The van der Waals surface area contributed by atoms with Gasteiger partial charge in [0.25, 0.3) is 0 Å². The third-order valence-corrected chi connectivity index (χ3v) is 5.02. The van der Waals surface area contributed by atoms with Gasteiger partial charge in [-0.05, 0) is 25.0 Å². The molecule has 28 heavy (non-hydrogen) atoms. The van der Waals surface area contributed by atoms with Crippen LogP contribution in [0.5, 0.6) is 0 Å². The fraction of sp³-hybridized carbons (Fsp3) is 0.333. The van der Waals surface area contributed by atoms with Crippen molar-refractivity contribution in [1.29, 1.82) is 0 Å². The molecule has 10 heteroatoms. The van der Waals surface area contributed by atoms with E-state index in [4.69, 9.17) is 11.7 Å². The number of amides is 1. The lowest BCUT2D eigenvalue weighted by Crippen LogP contribution is -2.46. The zero-order valence-electron chi connectivity index (χ0n) is 15.4. The maximum Gasteiger partial charge on any atom is 0.219 e. The Morgan fingerprint density at radius 1 is 1.43 bits per heavy atom. The molecular weight excluding hydrogens is 363 g/mol. The molecule has 3 aromatic heterocycles. The molecule has 4 heterocycles. The summed E-state index contributed by atoms with van der Waals surface area (Å²) in [4.78, 5) is 26.2. The van der Waals surface area contributed by atoms with Crippen molar-refractivity contribution in [3.8, 4) is 11.4 Å². The van der Waals surface area contributed by atoms with E-state index in [0.29, 0.717) is 23.6 Å². The highest BCUT2D eigenvalue weighted by molar-refractivity contribution is 5.92. The van der Waals surface area contributed by atoms with Gasteiger partial charge in [0.15, 0.2) is 23.1 Å². The van der Waals surface area contributed by atoms with Gasteiger partial charge in [-0.3, -0.25) is 14.5 Å². The summed E-state index contributed by atoms with van der Waals surface area (Å²) in [5, 5.41) is 2.00. The monoisotopic (exact) mass is 384 g/mol. The van der Waals surface area contributed by atoms with E-state index in [1.165, 1.54) is 16.6 Å². The fourth-order valence-electron chi connectivity index (χ4n) is 3.70. The summed E-state index contributed by atoms with van der Waals surface area (Å²) < 4.78 is 15.8. The number of anilines is 1. The van der Waals surface area contributed by atoms with E-state index < -0.39 is 5.82 Å². The molecule has 0 aromatic carbocycles. The number of hydrogen-bond acceptors (Lipinski definition) is 7. The summed E-state index contributed by atoms with van der Waals surface area (Å²) in [5.41, 5.74) is 1.20. The molecule has 3 aromatic rings. The van der Waals surface area contributed by atoms with Gasteiger partial charge in [-0.1, -0.05) is 0 Å². The van der Waals surface area contributed by atoms with Gasteiger partial charge in [-0.25, -0.2) is 25.2 Å². The van der Waals surface area contributed by atoms with Crippen molar-refractivity contribution in [2.45, 2.75) is 25.8 Å². The molecule has 0 aliphatic carbocycles. The zero-order chi connectivity index (χ0) is 19.8. The summed E-state index contributed by atoms with van der Waals surface area (Å²) in [5.74, 6) is 11.7. The number of hydrazine groups is 1. The normalized spacial score (nSPS) is 16.7. The standard InChI is InChI=1S/C18H21FN8O/c1-11(28)25-7-3-4-12(25)9-26(20)18-15(19)8-23-16(24-18)14-10-27(21)17-13(14)5-2-6-22-17/h2,5-6,8,10,12H,3-4,7,9,20-21H2,1H3/t12-/m1/s1. The smallest absolute Gasteiger partial charge is 0.219 e. The average molecular weight is 384 g/mol. The van der Waals surface area contributed by atoms with Crippen LogP contribution in [0.4, 0.5) is 10.2 Å². The van der Waals surface area contributed by atoms with Gasteiger partial charge in [-0.15, -0.1) is 0 Å². The lowest BCUT2D eigenvalue weighted by atomic mass is 10.2. The number of carbonyl (C=O) groups is 1. The summed E-state index contributed by atoms with van der Waals surface area (Å²) in [6, 6.07) is 3.55. The Morgan fingerprint density at radius 2 is 2.25 bits per heavy atom. The Hall–Kier alpha value is -3.27. The summed E-state index contributed by atoms with van der Waals surface area (Å²) in [6.45, 7) is 2.50. The van der Waals surface area contributed by atoms with E-state index in [0.717, 1.165) is 24.4 Å². The molecule has 1 aliphatic heterocycles. The summed E-state index contributed by atoms with van der Waals surface area (Å²) in [7, 11) is 0. The second kappa shape index (κ2) is 7.04. The SMILES string of the molecule is CC(=O)N1CCC[C@@H]1CN(N)c1nc(-c2cn(N)c3ncccc23)ncc1F. The lowest BCUT2D eigenvalue weighted by molar-refractivity contribution is -0.129. The molecule has 1 fully saturated rings. The fourth-order valence-corrected chi connectivity index (χ4v) is 3.70. The molecule has 9 nitrogen and oxygen atoms in total. The second-order valence-corrected chi connectivity index (χ2v) is 6.85. The van der Waals surface area contributed by atoms with Crippen LogP contribution in [0.2, 0.25) is 0 Å². The number of hydrogen-bond donors (Lipinski definition) is 2. The Kier molecular flexibility index (Phi) is 4.55. The number of aromatic nitrogens is 4.